The van der Waals surface area contributed by atoms with Crippen molar-refractivity contribution in [1.82, 2.24) is 15.2 Å². The van der Waals surface area contributed by atoms with E-state index in [9.17, 15) is 4.79 Å². The number of piperidine rings is 1. The van der Waals surface area contributed by atoms with E-state index in [0.29, 0.717) is 5.56 Å². The fourth-order valence-electron chi connectivity index (χ4n) is 3.21. The summed E-state index contributed by atoms with van der Waals surface area (Å²) < 4.78 is 0. The third-order valence-electron chi connectivity index (χ3n) is 5.00. The first-order chi connectivity index (χ1) is 11.7. The maximum absolute atomic E-state index is 12.3. The number of carbonyl (C=O) groups excluding carboxylic acids is 1. The maximum atomic E-state index is 12.3. The third kappa shape index (κ3) is 4.24. The number of anilines is 1. The maximum Gasteiger partial charge on any atom is 0.223 e. The summed E-state index contributed by atoms with van der Waals surface area (Å²) in [6, 6.07) is 6.49. The van der Waals surface area contributed by atoms with Crippen molar-refractivity contribution in [2.45, 2.75) is 31.7 Å². The van der Waals surface area contributed by atoms with Gasteiger partial charge in [0.05, 0.1) is 5.56 Å². The van der Waals surface area contributed by atoms with Gasteiger partial charge >= 0.3 is 0 Å². The van der Waals surface area contributed by atoms with Crippen LogP contribution in [-0.4, -0.2) is 55.1 Å². The molecular weight excluding hydrogens is 302 g/mol. The quantitative estimate of drug-likeness (QED) is 0.854. The van der Waals surface area contributed by atoms with Crippen LogP contribution in [0.1, 0.15) is 31.2 Å². The van der Waals surface area contributed by atoms with Gasteiger partial charge in [-0.2, -0.15) is 5.26 Å². The molecule has 2 heterocycles. The van der Waals surface area contributed by atoms with Crippen molar-refractivity contribution >= 4 is 11.7 Å². The van der Waals surface area contributed by atoms with Crippen molar-refractivity contribution in [3.63, 3.8) is 0 Å². The molecule has 1 aromatic heterocycles. The zero-order chi connectivity index (χ0) is 16.9. The molecule has 0 radical (unpaired) electrons. The summed E-state index contributed by atoms with van der Waals surface area (Å²) >= 11 is 0. The molecule has 1 N–H and O–H groups in total. The van der Waals surface area contributed by atoms with Crippen LogP contribution in [0.2, 0.25) is 0 Å². The van der Waals surface area contributed by atoms with Crippen LogP contribution < -0.4 is 10.2 Å². The van der Waals surface area contributed by atoms with Gasteiger partial charge < -0.3 is 15.1 Å². The minimum Gasteiger partial charge on any atom is -0.357 e. The Morgan fingerprint density at radius 3 is 2.71 bits per heavy atom. The molecule has 0 unspecified atom stereocenters. The molecule has 3 rings (SSSR count). The van der Waals surface area contributed by atoms with Crippen molar-refractivity contribution in [3.8, 4) is 6.07 Å². The molecule has 24 heavy (non-hydrogen) atoms. The van der Waals surface area contributed by atoms with Crippen molar-refractivity contribution in [2.75, 3.05) is 38.1 Å². The Balaban J connectivity index is 1.40. The number of nitrogens with one attached hydrogen (secondary N) is 1. The standard InChI is InChI=1S/C18H25N5O/c1-22(16-3-4-16)11-8-20-18(24)15-6-9-23(10-7-15)17-5-2-14(12-19)13-21-17/h2,5,13,15-16H,3-4,6-11H2,1H3,(H,20,24). The van der Waals surface area contributed by atoms with Crippen LogP contribution in [-0.2, 0) is 4.79 Å². The molecule has 6 nitrogen and oxygen atoms in total. The Kier molecular flexibility index (Phi) is 5.31. The van der Waals surface area contributed by atoms with E-state index in [-0.39, 0.29) is 11.8 Å². The fraction of sp³-hybridized carbons (Fsp3) is 0.611. The SMILES string of the molecule is CN(CCNC(=O)C1CCN(c2ccc(C#N)cn2)CC1)C1CC1. The first-order valence-corrected chi connectivity index (χ1v) is 8.76. The predicted molar refractivity (Wildman–Crippen MR) is 92.6 cm³/mol. The number of amides is 1. The Hall–Kier alpha value is -2.13. The lowest BCUT2D eigenvalue weighted by Crippen LogP contribution is -2.42. The lowest BCUT2D eigenvalue weighted by atomic mass is 9.96. The van der Waals surface area contributed by atoms with Crippen molar-refractivity contribution in [2.24, 2.45) is 5.92 Å². The van der Waals surface area contributed by atoms with Crippen molar-refractivity contribution < 1.29 is 4.79 Å². The number of nitriles is 1. The summed E-state index contributed by atoms with van der Waals surface area (Å²) in [5.41, 5.74) is 0.573. The van der Waals surface area contributed by atoms with Gasteiger partial charge in [0.25, 0.3) is 0 Å². The Morgan fingerprint density at radius 1 is 1.38 bits per heavy atom. The van der Waals surface area contributed by atoms with E-state index in [1.165, 1.54) is 12.8 Å². The molecule has 2 fully saturated rings. The molecule has 1 saturated heterocycles. The highest BCUT2D eigenvalue weighted by molar-refractivity contribution is 5.78. The van der Waals surface area contributed by atoms with Crippen molar-refractivity contribution in [3.05, 3.63) is 23.9 Å². The Labute approximate surface area is 143 Å². The van der Waals surface area contributed by atoms with Crippen LogP contribution in [0.25, 0.3) is 0 Å². The van der Waals surface area contributed by atoms with E-state index >= 15 is 0 Å². The normalized spacial score (nSPS) is 18.5. The first kappa shape index (κ1) is 16.7. The zero-order valence-corrected chi connectivity index (χ0v) is 14.2. The van der Waals surface area contributed by atoms with E-state index in [1.807, 2.05) is 6.07 Å². The summed E-state index contributed by atoms with van der Waals surface area (Å²) in [6.45, 7) is 3.34. The monoisotopic (exact) mass is 327 g/mol. The average Bonchev–Trinajstić information content (AvgIpc) is 3.47. The summed E-state index contributed by atoms with van der Waals surface area (Å²) in [4.78, 5) is 21.1. The van der Waals surface area contributed by atoms with Crippen LogP contribution in [0.4, 0.5) is 5.82 Å². The number of hydrogen-bond donors (Lipinski definition) is 1. The van der Waals surface area contributed by atoms with Gasteiger partial charge in [-0.1, -0.05) is 0 Å². The van der Waals surface area contributed by atoms with Crippen LogP contribution in [0.3, 0.4) is 0 Å². The summed E-state index contributed by atoms with van der Waals surface area (Å²) in [6.07, 6.45) is 5.90. The molecule has 0 spiro atoms. The van der Waals surface area contributed by atoms with E-state index in [4.69, 9.17) is 5.26 Å². The first-order valence-electron chi connectivity index (χ1n) is 8.76. The number of nitrogens with zero attached hydrogens (tertiary/aromatic N) is 4. The molecule has 1 saturated carbocycles. The molecule has 1 amide bonds. The summed E-state index contributed by atoms with van der Waals surface area (Å²) in [5, 5.41) is 11.9. The smallest absolute Gasteiger partial charge is 0.223 e. The van der Waals surface area contributed by atoms with Gasteiger partial charge in [-0.05, 0) is 44.9 Å². The number of rotatable bonds is 6. The van der Waals surface area contributed by atoms with E-state index in [1.54, 1.807) is 12.3 Å². The van der Waals surface area contributed by atoms with Crippen LogP contribution >= 0.6 is 0 Å². The minimum absolute atomic E-state index is 0.103. The third-order valence-corrected chi connectivity index (χ3v) is 5.00. The number of pyridine rings is 1. The Bertz CT molecular complexity index is 597. The molecular formula is C18H25N5O. The summed E-state index contributed by atoms with van der Waals surface area (Å²) in [7, 11) is 2.13. The molecule has 2 aliphatic rings. The van der Waals surface area contributed by atoms with Gasteiger partial charge in [0.15, 0.2) is 0 Å². The molecule has 1 aromatic rings. The van der Waals surface area contributed by atoms with Gasteiger partial charge in [0.1, 0.15) is 11.9 Å². The number of aromatic nitrogens is 1. The van der Waals surface area contributed by atoms with Gasteiger partial charge in [-0.3, -0.25) is 4.79 Å². The number of hydrogen-bond acceptors (Lipinski definition) is 5. The lowest BCUT2D eigenvalue weighted by Gasteiger charge is -2.32. The molecule has 0 aromatic carbocycles. The molecule has 0 bridgehead atoms. The highest BCUT2D eigenvalue weighted by atomic mass is 16.1. The summed E-state index contributed by atoms with van der Waals surface area (Å²) in [5.74, 6) is 1.18. The number of carbonyl (C=O) groups is 1. The zero-order valence-electron chi connectivity index (χ0n) is 14.2. The second-order valence-electron chi connectivity index (χ2n) is 6.78. The Morgan fingerprint density at radius 2 is 2.12 bits per heavy atom. The molecule has 6 heteroatoms. The topological polar surface area (TPSA) is 72.3 Å². The average molecular weight is 327 g/mol. The second kappa shape index (κ2) is 7.63. The van der Waals surface area contributed by atoms with Crippen LogP contribution in [0.15, 0.2) is 18.3 Å². The molecule has 0 atom stereocenters. The lowest BCUT2D eigenvalue weighted by molar-refractivity contribution is -0.125. The van der Waals surface area contributed by atoms with Crippen LogP contribution in [0.5, 0.6) is 0 Å². The largest absolute Gasteiger partial charge is 0.357 e. The van der Waals surface area contributed by atoms with Gasteiger partial charge in [-0.25, -0.2) is 4.98 Å². The highest BCUT2D eigenvalue weighted by Crippen LogP contribution is 2.25. The van der Waals surface area contributed by atoms with E-state index in [2.05, 4.69) is 33.2 Å². The second-order valence-corrected chi connectivity index (χ2v) is 6.78. The van der Waals surface area contributed by atoms with Gasteiger partial charge in [0.2, 0.25) is 5.91 Å². The molecule has 1 aliphatic carbocycles. The predicted octanol–water partition coefficient (Wildman–Crippen LogP) is 1.38. The van der Waals surface area contributed by atoms with Crippen molar-refractivity contribution in [1.29, 1.82) is 5.26 Å². The van der Waals surface area contributed by atoms with Crippen LogP contribution in [0, 0.1) is 17.2 Å². The minimum atomic E-state index is 0.103. The number of likely N-dealkylation sites (N-methyl/N-ethyl adjacent to an activating group) is 1. The van der Waals surface area contributed by atoms with Gasteiger partial charge in [-0.15, -0.1) is 0 Å². The molecule has 1 aliphatic heterocycles. The van der Waals surface area contributed by atoms with Gasteiger partial charge in [0, 0.05) is 44.3 Å². The fourth-order valence-corrected chi connectivity index (χ4v) is 3.21. The molecule has 128 valence electrons. The van der Waals surface area contributed by atoms with E-state index in [0.717, 1.165) is 50.9 Å². The highest BCUT2D eigenvalue weighted by Gasteiger charge is 2.27. The van der Waals surface area contributed by atoms with E-state index < -0.39 is 0 Å².